The number of ether oxygens (including phenoxy) is 2. The monoisotopic (exact) mass is 405 g/mol. The zero-order chi connectivity index (χ0) is 20.7. The fraction of sp³-hybridized carbons (Fsp3) is 0.480. The lowest BCUT2D eigenvalue weighted by molar-refractivity contribution is 0.395. The number of hydrogen-bond donors (Lipinski definition) is 0. The molecule has 0 atom stereocenters. The van der Waals surface area contributed by atoms with E-state index in [1.54, 1.807) is 14.2 Å². The highest BCUT2D eigenvalue weighted by Gasteiger charge is 2.32. The van der Waals surface area contributed by atoms with Crippen molar-refractivity contribution in [1.82, 2.24) is 9.61 Å². The third-order valence-corrected chi connectivity index (χ3v) is 6.39. The molecule has 0 spiro atoms. The molecule has 0 aliphatic heterocycles. The second-order valence-corrected chi connectivity index (χ2v) is 8.71. The second kappa shape index (κ2) is 7.86. The van der Waals surface area contributed by atoms with Gasteiger partial charge in [0, 0.05) is 24.7 Å². The number of aryl methyl sites for hydroxylation is 1. The summed E-state index contributed by atoms with van der Waals surface area (Å²) < 4.78 is 13.2. The molecular formula is C25H31N3O2. The topological polar surface area (TPSA) is 39.0 Å². The number of benzene rings is 1. The predicted molar refractivity (Wildman–Crippen MR) is 121 cm³/mol. The molecule has 5 nitrogen and oxygen atoms in total. The molecule has 0 saturated heterocycles. The van der Waals surface area contributed by atoms with Crippen molar-refractivity contribution in [2.75, 3.05) is 32.2 Å². The van der Waals surface area contributed by atoms with E-state index in [9.17, 15) is 0 Å². The number of rotatable bonds is 9. The summed E-state index contributed by atoms with van der Waals surface area (Å²) >= 11 is 0. The Morgan fingerprint density at radius 1 is 1.00 bits per heavy atom. The second-order valence-electron chi connectivity index (χ2n) is 8.71. The lowest BCUT2D eigenvalue weighted by atomic mass is 10.1. The maximum absolute atomic E-state index is 5.69. The Bertz CT molecular complexity index is 1040. The number of fused-ring (bicyclic) bond motifs is 1. The van der Waals surface area contributed by atoms with E-state index in [1.165, 1.54) is 55.7 Å². The Morgan fingerprint density at radius 3 is 2.33 bits per heavy atom. The van der Waals surface area contributed by atoms with Gasteiger partial charge < -0.3 is 14.4 Å². The van der Waals surface area contributed by atoms with E-state index in [-0.39, 0.29) is 0 Å². The highest BCUT2D eigenvalue weighted by atomic mass is 16.5. The van der Waals surface area contributed by atoms with Gasteiger partial charge in [-0.2, -0.15) is 5.10 Å². The molecule has 0 radical (unpaired) electrons. The van der Waals surface area contributed by atoms with Gasteiger partial charge in [0.15, 0.2) is 0 Å². The van der Waals surface area contributed by atoms with Crippen molar-refractivity contribution in [3.8, 4) is 22.8 Å². The number of anilines is 1. The van der Waals surface area contributed by atoms with Gasteiger partial charge in [0.1, 0.15) is 11.5 Å². The van der Waals surface area contributed by atoms with Gasteiger partial charge in [-0.05, 0) is 68.2 Å². The van der Waals surface area contributed by atoms with Crippen LogP contribution in [0.5, 0.6) is 11.5 Å². The molecule has 0 bridgehead atoms. The standard InChI is InChI=1S/C25H31N3O2/c1-4-21-25(27(15-17-8-9-17)16-18-10-11-18)23-7-5-6-22(28(23)26-21)20-13-12-19(29-2)14-24(20)30-3/h5-7,12-14,17-18H,4,8-11,15-16H2,1-3H3. The zero-order valence-electron chi connectivity index (χ0n) is 18.2. The molecule has 3 aromatic rings. The Kier molecular flexibility index (Phi) is 5.05. The quantitative estimate of drug-likeness (QED) is 0.490. The first-order chi connectivity index (χ1) is 14.7. The van der Waals surface area contributed by atoms with Gasteiger partial charge in [0.05, 0.1) is 36.8 Å². The van der Waals surface area contributed by atoms with Crippen molar-refractivity contribution in [2.45, 2.75) is 39.0 Å². The number of nitrogens with zero attached hydrogens (tertiary/aromatic N) is 3. The molecular weight excluding hydrogens is 374 g/mol. The summed E-state index contributed by atoms with van der Waals surface area (Å²) in [5.74, 6) is 3.30. The fourth-order valence-electron chi connectivity index (χ4n) is 4.38. The zero-order valence-corrected chi connectivity index (χ0v) is 18.2. The van der Waals surface area contributed by atoms with Crippen LogP contribution in [0.2, 0.25) is 0 Å². The van der Waals surface area contributed by atoms with Crippen LogP contribution in [0.3, 0.4) is 0 Å². The maximum atomic E-state index is 5.69. The largest absolute Gasteiger partial charge is 0.497 e. The van der Waals surface area contributed by atoms with E-state index in [1.807, 2.05) is 12.1 Å². The first kappa shape index (κ1) is 19.3. The van der Waals surface area contributed by atoms with Crippen LogP contribution >= 0.6 is 0 Å². The van der Waals surface area contributed by atoms with Crippen LogP contribution in [-0.4, -0.2) is 36.9 Å². The minimum Gasteiger partial charge on any atom is -0.497 e. The summed E-state index contributed by atoms with van der Waals surface area (Å²) in [6, 6.07) is 12.5. The van der Waals surface area contributed by atoms with E-state index >= 15 is 0 Å². The minimum absolute atomic E-state index is 0.790. The van der Waals surface area contributed by atoms with Gasteiger partial charge >= 0.3 is 0 Å². The van der Waals surface area contributed by atoms with E-state index in [0.717, 1.165) is 41.0 Å². The first-order valence-corrected chi connectivity index (χ1v) is 11.2. The molecule has 2 saturated carbocycles. The fourth-order valence-corrected chi connectivity index (χ4v) is 4.38. The van der Waals surface area contributed by atoms with Crippen molar-refractivity contribution in [3.05, 3.63) is 42.1 Å². The third kappa shape index (κ3) is 3.62. The molecule has 2 heterocycles. The van der Waals surface area contributed by atoms with E-state index in [2.05, 4.69) is 40.6 Å². The third-order valence-electron chi connectivity index (χ3n) is 6.39. The average Bonchev–Trinajstić information content (AvgIpc) is 3.72. The molecule has 5 heteroatoms. The Hall–Kier alpha value is -2.69. The normalized spacial score (nSPS) is 16.1. The summed E-state index contributed by atoms with van der Waals surface area (Å²) in [5.41, 5.74) is 5.80. The highest BCUT2D eigenvalue weighted by molar-refractivity contribution is 5.80. The van der Waals surface area contributed by atoms with Crippen molar-refractivity contribution in [1.29, 1.82) is 0 Å². The van der Waals surface area contributed by atoms with Crippen molar-refractivity contribution >= 4 is 11.2 Å². The van der Waals surface area contributed by atoms with Gasteiger partial charge in [0.2, 0.25) is 0 Å². The van der Waals surface area contributed by atoms with Crippen molar-refractivity contribution < 1.29 is 9.47 Å². The summed E-state index contributed by atoms with van der Waals surface area (Å²) in [4.78, 5) is 2.64. The predicted octanol–water partition coefficient (Wildman–Crippen LogP) is 5.21. The summed E-state index contributed by atoms with van der Waals surface area (Å²) in [6.07, 6.45) is 6.42. The van der Waals surface area contributed by atoms with Crippen LogP contribution in [0.15, 0.2) is 36.4 Å². The molecule has 158 valence electrons. The molecule has 0 amide bonds. The molecule has 2 aliphatic rings. The van der Waals surface area contributed by atoms with Gasteiger partial charge in [0.25, 0.3) is 0 Å². The Balaban J connectivity index is 1.64. The minimum atomic E-state index is 0.790. The van der Waals surface area contributed by atoms with Crippen LogP contribution in [-0.2, 0) is 6.42 Å². The lowest BCUT2D eigenvalue weighted by Gasteiger charge is -2.25. The lowest BCUT2D eigenvalue weighted by Crippen LogP contribution is -2.28. The molecule has 2 aliphatic carbocycles. The maximum Gasteiger partial charge on any atom is 0.131 e. The number of hydrogen-bond acceptors (Lipinski definition) is 4. The first-order valence-electron chi connectivity index (χ1n) is 11.2. The smallest absolute Gasteiger partial charge is 0.131 e. The molecule has 30 heavy (non-hydrogen) atoms. The van der Waals surface area contributed by atoms with Gasteiger partial charge in [-0.15, -0.1) is 0 Å². The van der Waals surface area contributed by atoms with Crippen LogP contribution in [0.4, 0.5) is 5.69 Å². The van der Waals surface area contributed by atoms with Crippen LogP contribution < -0.4 is 14.4 Å². The average molecular weight is 406 g/mol. The molecule has 0 unspecified atom stereocenters. The molecule has 2 aromatic heterocycles. The van der Waals surface area contributed by atoms with Crippen LogP contribution in [0.1, 0.15) is 38.3 Å². The molecule has 2 fully saturated rings. The highest BCUT2D eigenvalue weighted by Crippen LogP contribution is 2.40. The molecule has 1 aromatic carbocycles. The van der Waals surface area contributed by atoms with E-state index < -0.39 is 0 Å². The van der Waals surface area contributed by atoms with E-state index in [4.69, 9.17) is 14.6 Å². The molecule has 0 N–H and O–H groups in total. The summed E-state index contributed by atoms with van der Waals surface area (Å²) in [5, 5.41) is 5.09. The number of pyridine rings is 1. The van der Waals surface area contributed by atoms with Gasteiger partial charge in [-0.25, -0.2) is 4.52 Å². The van der Waals surface area contributed by atoms with Crippen LogP contribution in [0, 0.1) is 11.8 Å². The van der Waals surface area contributed by atoms with Gasteiger partial charge in [-0.3, -0.25) is 0 Å². The van der Waals surface area contributed by atoms with Crippen LogP contribution in [0.25, 0.3) is 16.8 Å². The summed E-state index contributed by atoms with van der Waals surface area (Å²) in [6.45, 7) is 4.55. The Labute approximate surface area is 178 Å². The SMILES string of the molecule is CCc1nn2c(-c3ccc(OC)cc3OC)cccc2c1N(CC1CC1)CC1CC1. The Morgan fingerprint density at radius 2 is 1.73 bits per heavy atom. The van der Waals surface area contributed by atoms with E-state index in [0.29, 0.717) is 0 Å². The van der Waals surface area contributed by atoms with Gasteiger partial charge in [-0.1, -0.05) is 13.0 Å². The molecule has 5 rings (SSSR count). The number of methoxy groups -OCH3 is 2. The van der Waals surface area contributed by atoms with Crippen molar-refractivity contribution in [2.24, 2.45) is 11.8 Å². The number of aromatic nitrogens is 2. The summed E-state index contributed by atoms with van der Waals surface area (Å²) in [7, 11) is 3.38. The van der Waals surface area contributed by atoms with Crippen molar-refractivity contribution in [3.63, 3.8) is 0 Å².